The average Bonchev–Trinajstić information content (AvgIpc) is 3.37. The van der Waals surface area contributed by atoms with Crippen LogP contribution in [0.4, 0.5) is 0 Å². The van der Waals surface area contributed by atoms with E-state index in [1.807, 2.05) is 41.1 Å². The van der Waals surface area contributed by atoms with Crippen LogP contribution in [-0.4, -0.2) is 14.8 Å². The third-order valence-corrected chi connectivity index (χ3v) is 5.41. The van der Waals surface area contributed by atoms with Crippen molar-refractivity contribution in [1.29, 1.82) is 0 Å². The lowest BCUT2D eigenvalue weighted by Crippen LogP contribution is -2.32. The van der Waals surface area contributed by atoms with Crippen LogP contribution in [0.1, 0.15) is 36.4 Å². The molecule has 4 heteroatoms. The number of hydrogen-bond donors (Lipinski definition) is 0. The van der Waals surface area contributed by atoms with Gasteiger partial charge >= 0.3 is 0 Å². The summed E-state index contributed by atoms with van der Waals surface area (Å²) < 4.78 is 1.95. The van der Waals surface area contributed by atoms with E-state index in [-0.39, 0.29) is 5.92 Å². The molecule has 1 aliphatic rings. The minimum atomic E-state index is -0.641. The number of aromatic nitrogens is 3. The first-order valence-electron chi connectivity index (χ1n) is 8.68. The lowest BCUT2D eigenvalue weighted by molar-refractivity contribution is 0.363. The lowest BCUT2D eigenvalue weighted by Gasteiger charge is -2.29. The Morgan fingerprint density at radius 3 is 2.12 bits per heavy atom. The van der Waals surface area contributed by atoms with Gasteiger partial charge in [-0.05, 0) is 19.3 Å². The topological polar surface area (TPSA) is 35.1 Å². The lowest BCUT2D eigenvalue weighted by atomic mass is 9.72. The zero-order valence-corrected chi connectivity index (χ0v) is 14.0. The first-order chi connectivity index (χ1) is 12.3. The van der Waals surface area contributed by atoms with E-state index < -0.39 is 5.54 Å². The summed E-state index contributed by atoms with van der Waals surface area (Å²) in [5, 5.41) is 4.31. The molecule has 124 valence electrons. The average molecular weight is 328 g/mol. The van der Waals surface area contributed by atoms with Crippen molar-refractivity contribution in [3.05, 3.63) is 95.9 Å². The van der Waals surface area contributed by atoms with E-state index in [1.165, 1.54) is 0 Å². The van der Waals surface area contributed by atoms with Crippen LogP contribution in [0.3, 0.4) is 0 Å². The molecular weight excluding hydrogens is 308 g/mol. The second kappa shape index (κ2) is 6.52. The Kier molecular flexibility index (Phi) is 4.07. The largest absolute Gasteiger partial charge is 0.300 e. The maximum atomic E-state index is 8.18. The van der Waals surface area contributed by atoms with Gasteiger partial charge in [-0.1, -0.05) is 60.7 Å². The van der Waals surface area contributed by atoms with Gasteiger partial charge in [-0.3, -0.25) is 4.85 Å². The summed E-state index contributed by atoms with van der Waals surface area (Å²) in [7, 11) is 0. The molecule has 1 unspecified atom stereocenters. The van der Waals surface area contributed by atoms with Crippen LogP contribution in [0.2, 0.25) is 0 Å². The van der Waals surface area contributed by atoms with Crippen LogP contribution >= 0.6 is 0 Å². The Labute approximate surface area is 148 Å². The summed E-state index contributed by atoms with van der Waals surface area (Å²) in [5.41, 5.74) is 1.53. The van der Waals surface area contributed by atoms with Gasteiger partial charge in [0.1, 0.15) is 12.7 Å². The fraction of sp³-hybridized carbons (Fsp3) is 0.286. The van der Waals surface area contributed by atoms with Gasteiger partial charge in [0.05, 0.1) is 6.04 Å². The first-order valence-corrected chi connectivity index (χ1v) is 8.68. The zero-order valence-electron chi connectivity index (χ0n) is 14.0. The Bertz CT molecular complexity index is 810. The van der Waals surface area contributed by atoms with E-state index in [4.69, 9.17) is 6.57 Å². The third kappa shape index (κ3) is 2.62. The molecule has 2 aromatic carbocycles. The van der Waals surface area contributed by atoms with Crippen LogP contribution in [0.5, 0.6) is 0 Å². The molecule has 25 heavy (non-hydrogen) atoms. The molecule has 0 aliphatic heterocycles. The van der Waals surface area contributed by atoms with Crippen molar-refractivity contribution in [2.75, 3.05) is 0 Å². The summed E-state index contributed by atoms with van der Waals surface area (Å²) in [6.07, 6.45) is 6.36. The summed E-state index contributed by atoms with van der Waals surface area (Å²) in [5.74, 6) is 0.254. The molecule has 0 radical (unpaired) electrons. The molecule has 4 rings (SSSR count). The third-order valence-electron chi connectivity index (χ3n) is 5.41. The minimum Gasteiger partial charge on any atom is -0.300 e. The SMILES string of the molecule is [C-]#[N+]C(c1ccccc1)(c1ccccc1)C1CC[C@H](n2cncn2)C1. The van der Waals surface area contributed by atoms with Crippen LogP contribution in [-0.2, 0) is 5.54 Å². The van der Waals surface area contributed by atoms with E-state index >= 15 is 0 Å². The molecule has 1 fully saturated rings. The van der Waals surface area contributed by atoms with Gasteiger partial charge in [0.15, 0.2) is 0 Å². The highest BCUT2D eigenvalue weighted by Crippen LogP contribution is 2.50. The van der Waals surface area contributed by atoms with E-state index in [1.54, 1.807) is 12.7 Å². The summed E-state index contributed by atoms with van der Waals surface area (Å²) in [6, 6.07) is 20.8. The van der Waals surface area contributed by atoms with Crippen molar-refractivity contribution >= 4 is 0 Å². The molecule has 1 saturated carbocycles. The molecule has 1 aromatic heterocycles. The minimum absolute atomic E-state index is 0.254. The van der Waals surface area contributed by atoms with Gasteiger partial charge in [0, 0.05) is 17.0 Å². The highest BCUT2D eigenvalue weighted by Gasteiger charge is 2.51. The van der Waals surface area contributed by atoms with E-state index in [0.717, 1.165) is 30.4 Å². The van der Waals surface area contributed by atoms with Gasteiger partial charge < -0.3 is 0 Å². The molecule has 2 atom stereocenters. The number of hydrogen-bond acceptors (Lipinski definition) is 2. The standard InChI is InChI=1S/C21H20N4/c1-22-21(17-8-4-2-5-9-17,18-10-6-3-7-11-18)19-12-13-20(14-19)25-16-23-15-24-25/h2-11,15-16,19-20H,12-14H2/t19?,20-/m0/s1. The van der Waals surface area contributed by atoms with E-state index in [9.17, 15) is 0 Å². The van der Waals surface area contributed by atoms with Crippen molar-refractivity contribution in [2.45, 2.75) is 30.8 Å². The molecule has 0 N–H and O–H groups in total. The predicted molar refractivity (Wildman–Crippen MR) is 96.7 cm³/mol. The monoisotopic (exact) mass is 328 g/mol. The number of benzene rings is 2. The molecule has 0 bridgehead atoms. The number of rotatable bonds is 4. The fourth-order valence-electron chi connectivity index (χ4n) is 4.23. The quantitative estimate of drug-likeness (QED) is 0.662. The van der Waals surface area contributed by atoms with Gasteiger partial charge in [-0.2, -0.15) is 5.10 Å². The normalized spacial score (nSPS) is 20.3. The van der Waals surface area contributed by atoms with Gasteiger partial charge in [-0.15, -0.1) is 0 Å². The molecule has 3 aromatic rings. The van der Waals surface area contributed by atoms with Crippen molar-refractivity contribution in [1.82, 2.24) is 14.8 Å². The molecule has 1 aliphatic carbocycles. The Morgan fingerprint density at radius 1 is 0.960 bits per heavy atom. The van der Waals surface area contributed by atoms with Crippen LogP contribution in [0.25, 0.3) is 4.85 Å². The Balaban J connectivity index is 1.78. The van der Waals surface area contributed by atoms with Gasteiger partial charge in [-0.25, -0.2) is 16.2 Å². The zero-order chi connectivity index (χ0) is 17.1. The maximum absolute atomic E-state index is 8.18. The summed E-state index contributed by atoms with van der Waals surface area (Å²) >= 11 is 0. The number of nitrogens with zero attached hydrogens (tertiary/aromatic N) is 4. The van der Waals surface area contributed by atoms with Crippen LogP contribution < -0.4 is 0 Å². The molecule has 0 amide bonds. The molecular formula is C21H20N4. The van der Waals surface area contributed by atoms with E-state index in [2.05, 4.69) is 39.2 Å². The fourth-order valence-corrected chi connectivity index (χ4v) is 4.23. The maximum Gasteiger partial charge on any atom is 0.285 e. The Hall–Kier alpha value is -2.93. The highest BCUT2D eigenvalue weighted by molar-refractivity contribution is 5.43. The van der Waals surface area contributed by atoms with Crippen molar-refractivity contribution in [2.24, 2.45) is 5.92 Å². The molecule has 0 spiro atoms. The second-order valence-electron chi connectivity index (χ2n) is 6.65. The second-order valence-corrected chi connectivity index (χ2v) is 6.65. The van der Waals surface area contributed by atoms with Gasteiger partial charge in [0.25, 0.3) is 5.54 Å². The smallest absolute Gasteiger partial charge is 0.285 e. The van der Waals surface area contributed by atoms with Crippen molar-refractivity contribution in [3.8, 4) is 0 Å². The summed E-state index contributed by atoms with van der Waals surface area (Å²) in [4.78, 5) is 8.34. The first kappa shape index (κ1) is 15.6. The highest BCUT2D eigenvalue weighted by atomic mass is 15.3. The summed E-state index contributed by atoms with van der Waals surface area (Å²) in [6.45, 7) is 8.18. The molecule has 1 heterocycles. The van der Waals surface area contributed by atoms with Crippen molar-refractivity contribution < 1.29 is 0 Å². The van der Waals surface area contributed by atoms with Crippen LogP contribution in [0, 0.1) is 12.5 Å². The Morgan fingerprint density at radius 2 is 1.60 bits per heavy atom. The van der Waals surface area contributed by atoms with Crippen molar-refractivity contribution in [3.63, 3.8) is 0 Å². The molecule has 4 nitrogen and oxygen atoms in total. The predicted octanol–water partition coefficient (Wildman–Crippen LogP) is 4.48. The van der Waals surface area contributed by atoms with E-state index in [0.29, 0.717) is 6.04 Å². The van der Waals surface area contributed by atoms with Crippen LogP contribution in [0.15, 0.2) is 73.3 Å². The molecule has 0 saturated heterocycles. The van der Waals surface area contributed by atoms with Gasteiger partial charge in [0.2, 0.25) is 0 Å².